The van der Waals surface area contributed by atoms with Crippen molar-refractivity contribution < 1.29 is 9.47 Å². The Kier molecular flexibility index (Phi) is 3.23. The zero-order valence-corrected chi connectivity index (χ0v) is 14.1. The molecule has 0 atom stereocenters. The molecule has 5 rings (SSSR count). The predicted molar refractivity (Wildman–Crippen MR) is 95.7 cm³/mol. The third kappa shape index (κ3) is 2.22. The number of halogens is 1. The zero-order valence-electron chi connectivity index (χ0n) is 13.3. The second-order valence-corrected chi connectivity index (χ2v) is 6.51. The number of benzene rings is 2. The van der Waals surface area contributed by atoms with Gasteiger partial charge in [-0.3, -0.25) is 0 Å². The van der Waals surface area contributed by atoms with E-state index in [9.17, 15) is 0 Å². The number of aromatic nitrogens is 2. The number of anilines is 2. The van der Waals surface area contributed by atoms with Crippen LogP contribution in [0.2, 0.25) is 5.02 Å². The Bertz CT molecular complexity index is 1010. The van der Waals surface area contributed by atoms with Crippen LogP contribution in [0.3, 0.4) is 0 Å². The third-order valence-electron chi connectivity index (χ3n) is 4.73. The average Bonchev–Trinajstić information content (AvgIpc) is 3.24. The minimum Gasteiger partial charge on any atom is -0.454 e. The first-order chi connectivity index (χ1) is 12.2. The molecule has 2 N–H and O–H groups in total. The molecule has 2 aromatic carbocycles. The van der Waals surface area contributed by atoms with Crippen molar-refractivity contribution in [3.63, 3.8) is 0 Å². The monoisotopic (exact) mass is 354 g/mol. The molecule has 0 unspecified atom stereocenters. The van der Waals surface area contributed by atoms with Crippen molar-refractivity contribution in [2.45, 2.75) is 13.0 Å². The molecule has 0 saturated carbocycles. The van der Waals surface area contributed by atoms with Gasteiger partial charge < -0.3 is 20.1 Å². The van der Waals surface area contributed by atoms with Crippen LogP contribution in [-0.2, 0) is 13.0 Å². The summed E-state index contributed by atoms with van der Waals surface area (Å²) in [5.41, 5.74) is 9.87. The van der Waals surface area contributed by atoms with Gasteiger partial charge in [0.05, 0.1) is 5.52 Å². The summed E-state index contributed by atoms with van der Waals surface area (Å²) in [6.07, 6.45) is 2.50. The van der Waals surface area contributed by atoms with Gasteiger partial charge in [-0.05, 0) is 29.7 Å². The first-order valence-corrected chi connectivity index (χ1v) is 8.45. The fourth-order valence-electron chi connectivity index (χ4n) is 3.49. The molecular formula is C18H15ClN4O2. The lowest BCUT2D eigenvalue weighted by Crippen LogP contribution is -2.15. The minimum atomic E-state index is 0.235. The van der Waals surface area contributed by atoms with Crippen LogP contribution >= 0.6 is 11.6 Å². The quantitative estimate of drug-likeness (QED) is 0.762. The summed E-state index contributed by atoms with van der Waals surface area (Å²) in [5.74, 6) is 2.28. The first kappa shape index (κ1) is 14.7. The summed E-state index contributed by atoms with van der Waals surface area (Å²) >= 11 is 6.38. The molecule has 7 heteroatoms. The standard InChI is InChI=1S/C18H15ClN4O2/c19-13-5-15-10(3-11(13)7-20)1-2-23(15)18-12-4-16-17(25-9-24-16)6-14(12)21-8-22-18/h3-6,8H,1-2,7,9,20H2. The predicted octanol–water partition coefficient (Wildman–Crippen LogP) is 3.16. The van der Waals surface area contributed by atoms with E-state index in [1.54, 1.807) is 6.33 Å². The van der Waals surface area contributed by atoms with Crippen LogP contribution in [0.25, 0.3) is 10.9 Å². The number of nitrogens with two attached hydrogens (primary N) is 1. The normalized spacial score (nSPS) is 15.0. The van der Waals surface area contributed by atoms with Crippen molar-refractivity contribution in [1.82, 2.24) is 9.97 Å². The van der Waals surface area contributed by atoms with Gasteiger partial charge in [-0.2, -0.15) is 0 Å². The Balaban J connectivity index is 1.67. The number of hydrogen-bond acceptors (Lipinski definition) is 6. The molecule has 6 nitrogen and oxygen atoms in total. The highest BCUT2D eigenvalue weighted by molar-refractivity contribution is 6.31. The zero-order chi connectivity index (χ0) is 17.0. The van der Waals surface area contributed by atoms with Crippen LogP contribution in [0.4, 0.5) is 11.5 Å². The lowest BCUT2D eigenvalue weighted by Gasteiger charge is -2.20. The summed E-state index contributed by atoms with van der Waals surface area (Å²) in [5, 5.41) is 1.61. The van der Waals surface area contributed by atoms with E-state index in [-0.39, 0.29) is 6.79 Å². The fraction of sp³-hybridized carbons (Fsp3) is 0.222. The molecule has 0 radical (unpaired) electrons. The molecule has 1 aromatic heterocycles. The van der Waals surface area contributed by atoms with E-state index in [2.05, 4.69) is 20.9 Å². The summed E-state index contributed by atoms with van der Waals surface area (Å²) in [6, 6.07) is 7.91. The molecule has 0 fully saturated rings. The number of hydrogen-bond donors (Lipinski definition) is 1. The molecular weight excluding hydrogens is 340 g/mol. The van der Waals surface area contributed by atoms with Gasteiger partial charge in [0, 0.05) is 35.3 Å². The highest BCUT2D eigenvalue weighted by Gasteiger charge is 2.26. The van der Waals surface area contributed by atoms with Crippen LogP contribution in [0, 0.1) is 0 Å². The molecule has 2 aliphatic rings. The van der Waals surface area contributed by atoms with Crippen LogP contribution in [-0.4, -0.2) is 23.3 Å². The summed E-state index contributed by atoms with van der Waals surface area (Å²) < 4.78 is 11.0. The lowest BCUT2D eigenvalue weighted by atomic mass is 10.1. The second-order valence-electron chi connectivity index (χ2n) is 6.10. The third-order valence-corrected chi connectivity index (χ3v) is 5.08. The second kappa shape index (κ2) is 5.47. The van der Waals surface area contributed by atoms with E-state index in [0.717, 1.165) is 52.4 Å². The highest BCUT2D eigenvalue weighted by atomic mass is 35.5. The summed E-state index contributed by atoms with van der Waals surface area (Å²) in [4.78, 5) is 11.1. The molecule has 0 aliphatic carbocycles. The molecule has 0 amide bonds. The smallest absolute Gasteiger partial charge is 0.231 e. The summed E-state index contributed by atoms with van der Waals surface area (Å²) in [6.45, 7) is 1.50. The Morgan fingerprint density at radius 1 is 1.12 bits per heavy atom. The Morgan fingerprint density at radius 2 is 1.96 bits per heavy atom. The largest absolute Gasteiger partial charge is 0.454 e. The van der Waals surface area contributed by atoms with Crippen LogP contribution in [0.5, 0.6) is 11.5 Å². The van der Waals surface area contributed by atoms with E-state index in [0.29, 0.717) is 11.6 Å². The topological polar surface area (TPSA) is 73.5 Å². The maximum Gasteiger partial charge on any atom is 0.231 e. The van der Waals surface area contributed by atoms with Crippen LogP contribution < -0.4 is 20.1 Å². The molecule has 126 valence electrons. The Labute approximate surface area is 149 Å². The highest BCUT2D eigenvalue weighted by Crippen LogP contribution is 2.42. The van der Waals surface area contributed by atoms with Crippen molar-refractivity contribution in [2.24, 2.45) is 5.73 Å². The SMILES string of the molecule is NCc1cc2c(cc1Cl)N(c1ncnc3cc4c(cc13)OCO4)CC2. The van der Waals surface area contributed by atoms with Gasteiger partial charge in [0.1, 0.15) is 12.1 Å². The number of rotatable bonds is 2. The molecule has 0 saturated heterocycles. The minimum absolute atomic E-state index is 0.235. The van der Waals surface area contributed by atoms with Gasteiger partial charge in [0.15, 0.2) is 11.5 Å². The molecule has 0 spiro atoms. The van der Waals surface area contributed by atoms with E-state index >= 15 is 0 Å². The first-order valence-electron chi connectivity index (χ1n) is 8.08. The van der Waals surface area contributed by atoms with Gasteiger partial charge in [-0.25, -0.2) is 9.97 Å². The van der Waals surface area contributed by atoms with Crippen molar-refractivity contribution >= 4 is 34.0 Å². The van der Waals surface area contributed by atoms with E-state index < -0.39 is 0 Å². The molecule has 25 heavy (non-hydrogen) atoms. The van der Waals surface area contributed by atoms with Crippen molar-refractivity contribution in [1.29, 1.82) is 0 Å². The van der Waals surface area contributed by atoms with Gasteiger partial charge in [0.2, 0.25) is 6.79 Å². The average molecular weight is 355 g/mol. The maximum absolute atomic E-state index is 6.38. The van der Waals surface area contributed by atoms with E-state index in [1.165, 1.54) is 5.56 Å². The van der Waals surface area contributed by atoms with E-state index in [4.69, 9.17) is 26.8 Å². The van der Waals surface area contributed by atoms with Gasteiger partial charge in [0.25, 0.3) is 0 Å². The molecule has 0 bridgehead atoms. The molecule has 2 aliphatic heterocycles. The van der Waals surface area contributed by atoms with Crippen molar-refractivity contribution in [3.8, 4) is 11.5 Å². The number of ether oxygens (including phenoxy) is 2. The maximum atomic E-state index is 6.38. The van der Waals surface area contributed by atoms with Crippen LogP contribution in [0.1, 0.15) is 11.1 Å². The molecule has 3 aromatic rings. The Hall–Kier alpha value is -2.57. The Morgan fingerprint density at radius 3 is 2.80 bits per heavy atom. The van der Waals surface area contributed by atoms with Gasteiger partial charge in [-0.15, -0.1) is 0 Å². The molecule has 3 heterocycles. The number of nitrogens with zero attached hydrogens (tertiary/aromatic N) is 3. The van der Waals surface area contributed by atoms with Crippen LogP contribution in [0.15, 0.2) is 30.6 Å². The number of fused-ring (bicyclic) bond motifs is 3. The van der Waals surface area contributed by atoms with Crippen molar-refractivity contribution in [3.05, 3.63) is 46.7 Å². The van der Waals surface area contributed by atoms with Gasteiger partial charge >= 0.3 is 0 Å². The van der Waals surface area contributed by atoms with E-state index in [1.807, 2.05) is 18.2 Å². The fourth-order valence-corrected chi connectivity index (χ4v) is 3.72. The van der Waals surface area contributed by atoms with Gasteiger partial charge in [-0.1, -0.05) is 17.7 Å². The summed E-state index contributed by atoms with van der Waals surface area (Å²) in [7, 11) is 0. The van der Waals surface area contributed by atoms with Crippen molar-refractivity contribution in [2.75, 3.05) is 18.2 Å². The lowest BCUT2D eigenvalue weighted by molar-refractivity contribution is 0.174.